The maximum atomic E-state index is 5.30. The predicted octanol–water partition coefficient (Wildman–Crippen LogP) is 5.94. The van der Waals surface area contributed by atoms with E-state index in [9.17, 15) is 0 Å². The lowest BCUT2D eigenvalue weighted by Gasteiger charge is -2.09. The fraction of sp³-hybridized carbons (Fsp3) is 0.192. The van der Waals surface area contributed by atoms with Crippen molar-refractivity contribution in [1.82, 2.24) is 14.2 Å². The van der Waals surface area contributed by atoms with Crippen LogP contribution in [0.1, 0.15) is 22.6 Å². The van der Waals surface area contributed by atoms with Crippen LogP contribution in [0.5, 0.6) is 5.75 Å². The standard InChI is InChI=1S/C26H25N3O/c1-17-25-18(2)28(15-20-8-6-5-7-9-20)19(3)26(25)24-14-22(16-29(24)27-17)21-10-12-23(30-4)13-11-21/h5-14,16H,15H2,1-4H3. The summed E-state index contributed by atoms with van der Waals surface area (Å²) in [5.74, 6) is 0.864. The molecule has 0 N–H and O–H groups in total. The third-order valence-electron chi connectivity index (χ3n) is 6.07. The predicted molar refractivity (Wildman–Crippen MR) is 122 cm³/mol. The molecule has 0 saturated carbocycles. The zero-order chi connectivity index (χ0) is 20.8. The van der Waals surface area contributed by atoms with E-state index in [0.717, 1.165) is 34.6 Å². The molecule has 3 heterocycles. The summed E-state index contributed by atoms with van der Waals surface area (Å²) in [5, 5.41) is 7.43. The average Bonchev–Trinajstić information content (AvgIpc) is 3.29. The Morgan fingerprint density at radius 1 is 0.833 bits per heavy atom. The van der Waals surface area contributed by atoms with Crippen molar-refractivity contribution in [2.75, 3.05) is 7.11 Å². The molecule has 150 valence electrons. The summed E-state index contributed by atoms with van der Waals surface area (Å²) in [6, 6.07) is 21.1. The van der Waals surface area contributed by atoms with Crippen molar-refractivity contribution in [2.24, 2.45) is 0 Å². The Kier molecular flexibility index (Phi) is 4.35. The molecule has 4 heteroatoms. The molecule has 0 saturated heterocycles. The van der Waals surface area contributed by atoms with E-state index >= 15 is 0 Å². The quantitative estimate of drug-likeness (QED) is 0.377. The van der Waals surface area contributed by atoms with Gasteiger partial charge >= 0.3 is 0 Å². The molecule has 0 radical (unpaired) electrons. The number of hydrogen-bond donors (Lipinski definition) is 0. The summed E-state index contributed by atoms with van der Waals surface area (Å²) in [6.45, 7) is 7.40. The van der Waals surface area contributed by atoms with Crippen molar-refractivity contribution < 1.29 is 4.74 Å². The number of aryl methyl sites for hydroxylation is 3. The Morgan fingerprint density at radius 2 is 1.53 bits per heavy atom. The van der Waals surface area contributed by atoms with Crippen molar-refractivity contribution in [3.05, 3.63) is 89.5 Å². The number of ether oxygens (including phenoxy) is 1. The molecular formula is C26H25N3O. The lowest BCUT2D eigenvalue weighted by atomic mass is 10.1. The topological polar surface area (TPSA) is 31.5 Å². The molecule has 30 heavy (non-hydrogen) atoms. The van der Waals surface area contributed by atoms with Crippen LogP contribution in [-0.4, -0.2) is 21.3 Å². The molecule has 0 fully saturated rings. The fourth-order valence-electron chi connectivity index (χ4n) is 4.52. The number of fused-ring (bicyclic) bond motifs is 3. The highest BCUT2D eigenvalue weighted by atomic mass is 16.5. The average molecular weight is 396 g/mol. The lowest BCUT2D eigenvalue weighted by molar-refractivity contribution is 0.415. The number of hydrogen-bond acceptors (Lipinski definition) is 2. The van der Waals surface area contributed by atoms with Gasteiger partial charge < -0.3 is 9.30 Å². The van der Waals surface area contributed by atoms with Crippen LogP contribution in [0.2, 0.25) is 0 Å². The van der Waals surface area contributed by atoms with E-state index in [2.05, 4.69) is 80.1 Å². The molecule has 0 aliphatic heterocycles. The van der Waals surface area contributed by atoms with Crippen LogP contribution in [0.4, 0.5) is 0 Å². The van der Waals surface area contributed by atoms with Crippen LogP contribution < -0.4 is 4.74 Å². The van der Waals surface area contributed by atoms with Crippen LogP contribution in [0.25, 0.3) is 27.4 Å². The summed E-state index contributed by atoms with van der Waals surface area (Å²) in [6.07, 6.45) is 2.12. The van der Waals surface area contributed by atoms with Gasteiger partial charge in [-0.2, -0.15) is 5.10 Å². The molecule has 5 aromatic rings. The monoisotopic (exact) mass is 395 g/mol. The van der Waals surface area contributed by atoms with Gasteiger partial charge in [0.05, 0.1) is 18.3 Å². The van der Waals surface area contributed by atoms with E-state index in [4.69, 9.17) is 9.84 Å². The van der Waals surface area contributed by atoms with Gasteiger partial charge in [0.15, 0.2) is 0 Å². The van der Waals surface area contributed by atoms with Gasteiger partial charge in [0.2, 0.25) is 0 Å². The van der Waals surface area contributed by atoms with Crippen molar-refractivity contribution in [3.8, 4) is 16.9 Å². The van der Waals surface area contributed by atoms with E-state index in [1.54, 1.807) is 7.11 Å². The first-order chi connectivity index (χ1) is 14.6. The molecular weight excluding hydrogens is 370 g/mol. The van der Waals surface area contributed by atoms with Gasteiger partial charge in [-0.15, -0.1) is 0 Å². The molecule has 0 spiro atoms. The Hall–Kier alpha value is -3.53. The Morgan fingerprint density at radius 3 is 2.23 bits per heavy atom. The molecule has 0 amide bonds. The first-order valence-electron chi connectivity index (χ1n) is 10.2. The molecule has 0 aliphatic rings. The normalized spacial score (nSPS) is 11.5. The van der Waals surface area contributed by atoms with E-state index in [0.29, 0.717) is 0 Å². The molecule has 4 nitrogen and oxygen atoms in total. The first kappa shape index (κ1) is 18.5. The molecule has 0 aliphatic carbocycles. The zero-order valence-corrected chi connectivity index (χ0v) is 17.8. The first-order valence-corrected chi connectivity index (χ1v) is 10.2. The fourth-order valence-corrected chi connectivity index (χ4v) is 4.52. The van der Waals surface area contributed by atoms with Crippen molar-refractivity contribution in [2.45, 2.75) is 27.3 Å². The number of aromatic nitrogens is 3. The number of methoxy groups -OCH3 is 1. The molecule has 0 unspecified atom stereocenters. The van der Waals surface area contributed by atoms with Gasteiger partial charge in [0.1, 0.15) is 5.75 Å². The number of benzene rings is 2. The van der Waals surface area contributed by atoms with Crippen molar-refractivity contribution in [3.63, 3.8) is 0 Å². The second-order valence-electron chi connectivity index (χ2n) is 7.87. The number of rotatable bonds is 4. The highest BCUT2D eigenvalue weighted by molar-refractivity contribution is 6.02. The summed E-state index contributed by atoms with van der Waals surface area (Å²) in [7, 11) is 1.69. The van der Waals surface area contributed by atoms with Gasteiger partial charge in [-0.3, -0.25) is 0 Å². The summed E-state index contributed by atoms with van der Waals surface area (Å²) >= 11 is 0. The van der Waals surface area contributed by atoms with Gasteiger partial charge in [-0.1, -0.05) is 42.5 Å². The maximum Gasteiger partial charge on any atom is 0.118 e. The largest absolute Gasteiger partial charge is 0.497 e. The van der Waals surface area contributed by atoms with Crippen LogP contribution in [-0.2, 0) is 6.54 Å². The van der Waals surface area contributed by atoms with E-state index in [1.165, 1.54) is 27.7 Å². The van der Waals surface area contributed by atoms with Gasteiger partial charge in [0.25, 0.3) is 0 Å². The highest BCUT2D eigenvalue weighted by Crippen LogP contribution is 2.34. The van der Waals surface area contributed by atoms with Crippen LogP contribution in [0.3, 0.4) is 0 Å². The minimum Gasteiger partial charge on any atom is -0.497 e. The van der Waals surface area contributed by atoms with Gasteiger partial charge in [0, 0.05) is 40.5 Å². The van der Waals surface area contributed by atoms with Crippen LogP contribution >= 0.6 is 0 Å². The van der Waals surface area contributed by atoms with Crippen LogP contribution in [0.15, 0.2) is 66.9 Å². The number of nitrogens with zero attached hydrogens (tertiary/aromatic N) is 3. The minimum atomic E-state index is 0.864. The Balaban J connectivity index is 1.70. The van der Waals surface area contributed by atoms with Gasteiger partial charge in [-0.25, -0.2) is 4.52 Å². The zero-order valence-electron chi connectivity index (χ0n) is 17.8. The summed E-state index contributed by atoms with van der Waals surface area (Å²) in [5.41, 5.74) is 8.37. The van der Waals surface area contributed by atoms with E-state index in [-0.39, 0.29) is 0 Å². The third-order valence-corrected chi connectivity index (χ3v) is 6.07. The second-order valence-corrected chi connectivity index (χ2v) is 7.87. The molecule has 2 aromatic carbocycles. The lowest BCUT2D eigenvalue weighted by Crippen LogP contribution is -2.03. The Labute approximate surface area is 176 Å². The Bertz CT molecular complexity index is 1360. The van der Waals surface area contributed by atoms with Crippen LogP contribution in [0, 0.1) is 20.8 Å². The second kappa shape index (κ2) is 7.06. The molecule has 0 atom stereocenters. The highest BCUT2D eigenvalue weighted by Gasteiger charge is 2.18. The van der Waals surface area contributed by atoms with Crippen molar-refractivity contribution >= 4 is 16.3 Å². The molecule has 5 rings (SSSR count). The van der Waals surface area contributed by atoms with E-state index < -0.39 is 0 Å². The van der Waals surface area contributed by atoms with Crippen molar-refractivity contribution in [1.29, 1.82) is 0 Å². The smallest absolute Gasteiger partial charge is 0.118 e. The van der Waals surface area contributed by atoms with E-state index in [1.807, 2.05) is 16.6 Å². The molecule has 3 aromatic heterocycles. The SMILES string of the molecule is COc1ccc(-c2cc3c4c(C)n(Cc5ccccc5)c(C)c4c(C)nn3c2)cc1. The summed E-state index contributed by atoms with van der Waals surface area (Å²) in [4.78, 5) is 0. The molecule has 0 bridgehead atoms. The van der Waals surface area contributed by atoms with Gasteiger partial charge in [-0.05, 0) is 50.1 Å². The third kappa shape index (κ3) is 2.88. The maximum absolute atomic E-state index is 5.30. The minimum absolute atomic E-state index is 0.864. The summed E-state index contributed by atoms with van der Waals surface area (Å²) < 4.78 is 9.73.